The number of anilines is 1. The van der Waals surface area contributed by atoms with Gasteiger partial charge in [0.1, 0.15) is 17.3 Å². The van der Waals surface area contributed by atoms with Crippen molar-refractivity contribution in [1.29, 1.82) is 0 Å². The monoisotopic (exact) mass is 497 g/mol. The van der Waals surface area contributed by atoms with Gasteiger partial charge in [-0.25, -0.2) is 4.98 Å². The smallest absolute Gasteiger partial charge is 0.248 e. The molecule has 1 aliphatic heterocycles. The van der Waals surface area contributed by atoms with Crippen LogP contribution in [0.1, 0.15) is 54.8 Å². The largest absolute Gasteiger partial charge is 0.367 e. The van der Waals surface area contributed by atoms with Gasteiger partial charge in [-0.2, -0.15) is 11.3 Å². The summed E-state index contributed by atoms with van der Waals surface area (Å²) in [6, 6.07) is 15.1. The fraction of sp³-hybridized carbons (Fsp3) is 0.320. The molecule has 2 aromatic heterocycles. The maximum Gasteiger partial charge on any atom is 0.248 e. The van der Waals surface area contributed by atoms with Crippen LogP contribution < -0.4 is 5.32 Å². The standard InChI is InChI=1S/C25H24ClN3O2S2/c26-19-9-4-3-8-18(19)23-20(30)14-25(29(32)24(23)31,16-12-13-33-15-16)21-10-5-11-22(28-21)27-17-6-1-2-7-17/h3-5,8-13,15,17,23,32H,1-2,6-7,14H2,(H,27,28). The molecule has 0 radical (unpaired) electrons. The third-order valence-electron chi connectivity index (χ3n) is 6.66. The minimum absolute atomic E-state index is 0.0642. The van der Waals surface area contributed by atoms with Crippen LogP contribution in [0.2, 0.25) is 5.02 Å². The molecule has 170 valence electrons. The highest BCUT2D eigenvalue weighted by molar-refractivity contribution is 7.78. The minimum Gasteiger partial charge on any atom is -0.367 e. The van der Waals surface area contributed by atoms with Crippen molar-refractivity contribution in [2.45, 2.75) is 49.6 Å². The topological polar surface area (TPSA) is 62.3 Å². The van der Waals surface area contributed by atoms with Gasteiger partial charge in [0.2, 0.25) is 5.91 Å². The number of halogens is 1. The number of nitrogens with zero attached hydrogens (tertiary/aromatic N) is 2. The van der Waals surface area contributed by atoms with Crippen LogP contribution in [0.3, 0.4) is 0 Å². The number of pyridine rings is 1. The molecule has 2 atom stereocenters. The van der Waals surface area contributed by atoms with Crippen molar-refractivity contribution in [1.82, 2.24) is 9.29 Å². The van der Waals surface area contributed by atoms with Crippen LogP contribution in [-0.4, -0.2) is 27.0 Å². The SMILES string of the molecule is O=C1CC(c2ccsc2)(c2cccc(NC3CCCC3)n2)N(S)C(=O)C1c1ccccc1Cl. The zero-order valence-corrected chi connectivity index (χ0v) is 20.4. The summed E-state index contributed by atoms with van der Waals surface area (Å²) in [5.41, 5.74) is 0.866. The lowest BCUT2D eigenvalue weighted by atomic mass is 9.75. The predicted octanol–water partition coefficient (Wildman–Crippen LogP) is 5.82. The molecule has 1 aliphatic carbocycles. The predicted molar refractivity (Wildman–Crippen MR) is 135 cm³/mol. The van der Waals surface area contributed by atoms with E-state index in [-0.39, 0.29) is 12.2 Å². The van der Waals surface area contributed by atoms with Gasteiger partial charge in [-0.1, -0.05) is 61.5 Å². The van der Waals surface area contributed by atoms with Crippen molar-refractivity contribution in [2.75, 3.05) is 5.32 Å². The Morgan fingerprint density at radius 3 is 2.61 bits per heavy atom. The van der Waals surface area contributed by atoms with Gasteiger partial charge in [0.25, 0.3) is 0 Å². The van der Waals surface area contributed by atoms with E-state index in [9.17, 15) is 9.59 Å². The first-order valence-electron chi connectivity index (χ1n) is 11.1. The maximum atomic E-state index is 13.7. The minimum atomic E-state index is -1.09. The molecular weight excluding hydrogens is 474 g/mol. The molecule has 5 rings (SSSR count). The van der Waals surface area contributed by atoms with E-state index in [4.69, 9.17) is 29.4 Å². The third kappa shape index (κ3) is 3.96. The van der Waals surface area contributed by atoms with Crippen LogP contribution in [0, 0.1) is 0 Å². The highest BCUT2D eigenvalue weighted by Crippen LogP contribution is 2.48. The van der Waals surface area contributed by atoms with Gasteiger partial charge >= 0.3 is 0 Å². The first-order valence-corrected chi connectivity index (χ1v) is 12.8. The van der Waals surface area contributed by atoms with E-state index in [0.29, 0.717) is 22.3 Å². The number of ketones is 1. The van der Waals surface area contributed by atoms with Crippen LogP contribution >= 0.6 is 35.8 Å². The summed E-state index contributed by atoms with van der Waals surface area (Å²) in [5.74, 6) is -0.822. The number of carbonyl (C=O) groups is 2. The molecule has 2 aliphatic rings. The van der Waals surface area contributed by atoms with Gasteiger partial charge in [0, 0.05) is 17.5 Å². The van der Waals surface area contributed by atoms with E-state index in [1.807, 2.05) is 35.0 Å². The number of thiol groups is 1. The Morgan fingerprint density at radius 1 is 1.09 bits per heavy atom. The second-order valence-electron chi connectivity index (χ2n) is 8.65. The Bertz CT molecular complexity index is 1180. The number of rotatable bonds is 5. The number of aromatic nitrogens is 1. The second kappa shape index (κ2) is 9.12. The Balaban J connectivity index is 1.58. The number of piperidine rings is 1. The lowest BCUT2D eigenvalue weighted by molar-refractivity contribution is -0.142. The molecule has 3 heterocycles. The van der Waals surface area contributed by atoms with Crippen molar-refractivity contribution in [3.63, 3.8) is 0 Å². The molecule has 8 heteroatoms. The maximum absolute atomic E-state index is 13.7. The number of amides is 1. The number of thiophene rings is 1. The number of carbonyl (C=O) groups excluding carboxylic acids is 2. The number of hydrogen-bond acceptors (Lipinski definition) is 6. The Kier molecular flexibility index (Phi) is 6.20. The van der Waals surface area contributed by atoms with Crippen LogP contribution in [0.5, 0.6) is 0 Å². The molecule has 1 amide bonds. The summed E-state index contributed by atoms with van der Waals surface area (Å²) >= 11 is 12.6. The van der Waals surface area contributed by atoms with Gasteiger partial charge in [-0.3, -0.25) is 13.9 Å². The van der Waals surface area contributed by atoms with E-state index < -0.39 is 17.4 Å². The van der Waals surface area contributed by atoms with Crippen LogP contribution in [-0.2, 0) is 15.1 Å². The van der Waals surface area contributed by atoms with Crippen LogP contribution in [0.15, 0.2) is 59.3 Å². The van der Waals surface area contributed by atoms with Gasteiger partial charge in [-0.05, 0) is 59.0 Å². The molecule has 0 spiro atoms. The zero-order valence-electron chi connectivity index (χ0n) is 17.9. The summed E-state index contributed by atoms with van der Waals surface area (Å²) in [5, 5.41) is 7.82. The lowest BCUT2D eigenvalue weighted by Crippen LogP contribution is -2.54. The summed E-state index contributed by atoms with van der Waals surface area (Å²) < 4.78 is 1.39. The molecule has 0 bridgehead atoms. The molecule has 1 saturated heterocycles. The van der Waals surface area contributed by atoms with Gasteiger partial charge in [-0.15, -0.1) is 0 Å². The van der Waals surface area contributed by atoms with E-state index in [1.165, 1.54) is 28.5 Å². The fourth-order valence-corrected chi connectivity index (χ4v) is 6.36. The zero-order chi connectivity index (χ0) is 23.0. The molecule has 2 fully saturated rings. The first-order chi connectivity index (χ1) is 16.0. The van der Waals surface area contributed by atoms with Crippen molar-refractivity contribution in [3.05, 3.63) is 81.1 Å². The summed E-state index contributed by atoms with van der Waals surface area (Å²) in [4.78, 5) is 32.1. The van der Waals surface area contributed by atoms with E-state index in [1.54, 1.807) is 24.3 Å². The normalized spacial score (nSPS) is 23.8. The number of nitrogens with one attached hydrogen (secondary N) is 1. The molecular formula is C25H24ClN3O2S2. The molecule has 1 aromatic carbocycles. The molecule has 33 heavy (non-hydrogen) atoms. The van der Waals surface area contributed by atoms with Crippen molar-refractivity contribution >= 4 is 53.3 Å². The molecule has 1 saturated carbocycles. The fourth-order valence-electron chi connectivity index (χ4n) is 4.99. The van der Waals surface area contributed by atoms with E-state index in [0.717, 1.165) is 24.2 Å². The van der Waals surface area contributed by atoms with Gasteiger partial charge < -0.3 is 5.32 Å². The highest BCUT2D eigenvalue weighted by Gasteiger charge is 2.53. The van der Waals surface area contributed by atoms with Crippen LogP contribution in [0.25, 0.3) is 0 Å². The Labute approximate surface area is 207 Å². The first kappa shape index (κ1) is 22.4. The molecule has 5 nitrogen and oxygen atoms in total. The number of hydrogen-bond donors (Lipinski definition) is 2. The summed E-state index contributed by atoms with van der Waals surface area (Å²) in [6.07, 6.45) is 4.74. The third-order valence-corrected chi connectivity index (χ3v) is 8.23. The van der Waals surface area contributed by atoms with E-state index >= 15 is 0 Å². The average Bonchev–Trinajstić information content (AvgIpc) is 3.53. The van der Waals surface area contributed by atoms with Gasteiger partial charge in [0.05, 0.1) is 5.69 Å². The number of benzene rings is 1. The molecule has 1 N–H and O–H groups in total. The Morgan fingerprint density at radius 2 is 1.88 bits per heavy atom. The quantitative estimate of drug-likeness (QED) is 0.344. The summed E-state index contributed by atoms with van der Waals surface area (Å²) in [6.45, 7) is 0. The van der Waals surface area contributed by atoms with Crippen molar-refractivity contribution < 1.29 is 9.59 Å². The second-order valence-corrected chi connectivity index (χ2v) is 10.2. The average molecular weight is 498 g/mol. The lowest BCUT2D eigenvalue weighted by Gasteiger charge is -2.45. The highest BCUT2D eigenvalue weighted by atomic mass is 35.5. The number of Topliss-reactive ketones (excluding diaryl/α,β-unsaturated/α-hetero) is 1. The Hall–Kier alpha value is -2.35. The van der Waals surface area contributed by atoms with Crippen molar-refractivity contribution in [2.24, 2.45) is 0 Å². The molecule has 2 unspecified atom stereocenters. The van der Waals surface area contributed by atoms with Gasteiger partial charge in [0.15, 0.2) is 5.78 Å². The summed E-state index contributed by atoms with van der Waals surface area (Å²) in [7, 11) is 0. The van der Waals surface area contributed by atoms with Crippen LogP contribution in [0.4, 0.5) is 5.82 Å². The van der Waals surface area contributed by atoms with E-state index in [2.05, 4.69) is 5.32 Å². The molecule has 3 aromatic rings. The van der Waals surface area contributed by atoms with Crippen molar-refractivity contribution in [3.8, 4) is 0 Å².